The fourth-order valence-corrected chi connectivity index (χ4v) is 5.25. The zero-order valence-electron chi connectivity index (χ0n) is 15.7. The van der Waals surface area contributed by atoms with Crippen molar-refractivity contribution < 1.29 is 17.9 Å². The van der Waals surface area contributed by atoms with Crippen LogP contribution in [0.3, 0.4) is 0 Å². The molecule has 2 aromatic heterocycles. The van der Waals surface area contributed by atoms with Crippen LogP contribution in [0.1, 0.15) is 5.56 Å². The van der Waals surface area contributed by atoms with Gasteiger partial charge in [0.15, 0.2) is 5.65 Å². The molecular weight excluding hydrogens is 517 g/mol. The van der Waals surface area contributed by atoms with Crippen LogP contribution in [0.4, 0.5) is 4.79 Å². The molecule has 0 aliphatic carbocycles. The van der Waals surface area contributed by atoms with Gasteiger partial charge in [-0.05, 0) is 65.4 Å². The number of nitrogens with zero attached hydrogens (tertiary/aromatic N) is 2. The van der Waals surface area contributed by atoms with E-state index in [9.17, 15) is 13.2 Å². The number of pyridine rings is 1. The van der Waals surface area contributed by atoms with Crippen molar-refractivity contribution in [3.05, 3.63) is 76.1 Å². The van der Waals surface area contributed by atoms with Crippen molar-refractivity contribution in [3.8, 4) is 16.9 Å². The van der Waals surface area contributed by atoms with E-state index in [4.69, 9.17) is 10.5 Å². The van der Waals surface area contributed by atoms with E-state index in [0.29, 0.717) is 16.8 Å². The topological polar surface area (TPSA) is 104 Å². The molecule has 0 aliphatic rings. The highest BCUT2D eigenvalue weighted by Crippen LogP contribution is 2.31. The van der Waals surface area contributed by atoms with E-state index in [1.807, 2.05) is 19.1 Å². The summed E-state index contributed by atoms with van der Waals surface area (Å²) < 4.78 is 33.1. The second-order valence-electron chi connectivity index (χ2n) is 6.64. The van der Waals surface area contributed by atoms with Crippen molar-refractivity contribution in [2.45, 2.75) is 11.8 Å². The Morgan fingerprint density at radius 3 is 2.53 bits per heavy atom. The first-order valence-electron chi connectivity index (χ1n) is 8.82. The third kappa shape index (κ3) is 3.77. The highest BCUT2D eigenvalue weighted by atomic mass is 127. The lowest BCUT2D eigenvalue weighted by molar-refractivity contribution is 0.211. The van der Waals surface area contributed by atoms with Crippen LogP contribution in [-0.2, 0) is 10.0 Å². The van der Waals surface area contributed by atoms with Gasteiger partial charge in [-0.2, -0.15) is 0 Å². The quantitative estimate of drug-likeness (QED) is 0.394. The fraction of sp³-hybridized carbons (Fsp3) is 0.0476. The second-order valence-corrected chi connectivity index (χ2v) is 9.61. The van der Waals surface area contributed by atoms with E-state index < -0.39 is 16.1 Å². The Hall–Kier alpha value is -2.92. The molecule has 0 saturated carbocycles. The Bertz CT molecular complexity index is 1380. The van der Waals surface area contributed by atoms with Gasteiger partial charge in [0, 0.05) is 26.9 Å². The van der Waals surface area contributed by atoms with Crippen molar-refractivity contribution in [1.29, 1.82) is 0 Å². The van der Waals surface area contributed by atoms with E-state index in [1.165, 1.54) is 3.97 Å². The highest BCUT2D eigenvalue weighted by molar-refractivity contribution is 14.1. The SMILES string of the molecule is Cc1ccc(S(=O)(=O)n2cc(I)c3cc(-c4cccc(OC(N)=O)c4)cnc32)cc1. The number of carbonyl (C=O) groups is 1. The minimum atomic E-state index is -3.78. The number of rotatable bonds is 4. The summed E-state index contributed by atoms with van der Waals surface area (Å²) in [5, 5.41) is 0.699. The molecule has 0 saturated heterocycles. The number of hydrogen-bond acceptors (Lipinski definition) is 5. The standard InChI is InChI=1S/C21H16IN3O4S/c1-13-5-7-17(8-6-13)30(27,28)25-12-19(22)18-10-15(11-24-20(18)25)14-3-2-4-16(9-14)29-21(23)26/h2-12H,1H3,(H2,23,26). The molecule has 0 fully saturated rings. The molecule has 1 amide bonds. The molecule has 0 unspecified atom stereocenters. The van der Waals surface area contributed by atoms with Gasteiger partial charge in [-0.3, -0.25) is 0 Å². The van der Waals surface area contributed by atoms with E-state index >= 15 is 0 Å². The number of fused-ring (bicyclic) bond motifs is 1. The average Bonchev–Trinajstić information content (AvgIpc) is 3.05. The predicted octanol–water partition coefficient (Wildman–Crippen LogP) is 4.31. The summed E-state index contributed by atoms with van der Waals surface area (Å²) in [6, 6.07) is 15.4. The number of aryl methyl sites for hydroxylation is 1. The van der Waals surface area contributed by atoms with Crippen LogP contribution in [0.15, 0.2) is 71.9 Å². The number of carbonyl (C=O) groups excluding carboxylic acids is 1. The maximum atomic E-state index is 13.1. The number of nitrogens with two attached hydrogens (primary N) is 1. The number of benzene rings is 2. The Morgan fingerprint density at radius 2 is 1.83 bits per heavy atom. The lowest BCUT2D eigenvalue weighted by Crippen LogP contribution is -2.16. The van der Waals surface area contributed by atoms with E-state index in [1.54, 1.807) is 54.9 Å². The third-order valence-electron chi connectivity index (χ3n) is 4.53. The summed E-state index contributed by atoms with van der Waals surface area (Å²) in [6.07, 6.45) is 2.25. The minimum absolute atomic E-state index is 0.198. The van der Waals surface area contributed by atoms with Crippen LogP contribution < -0.4 is 10.5 Å². The van der Waals surface area contributed by atoms with Gasteiger partial charge in [0.1, 0.15) is 5.75 Å². The van der Waals surface area contributed by atoms with Crippen molar-refractivity contribution in [1.82, 2.24) is 8.96 Å². The molecule has 4 rings (SSSR count). The number of halogens is 1. The molecule has 0 atom stereocenters. The predicted molar refractivity (Wildman–Crippen MR) is 122 cm³/mol. The maximum absolute atomic E-state index is 13.1. The third-order valence-corrected chi connectivity index (χ3v) is 7.05. The van der Waals surface area contributed by atoms with E-state index in [-0.39, 0.29) is 4.90 Å². The van der Waals surface area contributed by atoms with Crippen molar-refractivity contribution in [2.75, 3.05) is 0 Å². The average molecular weight is 533 g/mol. The monoisotopic (exact) mass is 533 g/mol. The zero-order valence-corrected chi connectivity index (χ0v) is 18.7. The first-order chi connectivity index (χ1) is 14.3. The summed E-state index contributed by atoms with van der Waals surface area (Å²) in [6.45, 7) is 1.90. The van der Waals surface area contributed by atoms with Gasteiger partial charge in [0.05, 0.1) is 4.90 Å². The van der Waals surface area contributed by atoms with Crippen LogP contribution >= 0.6 is 22.6 Å². The minimum Gasteiger partial charge on any atom is -0.410 e. The summed E-state index contributed by atoms with van der Waals surface area (Å²) in [5.41, 5.74) is 7.90. The number of hydrogen-bond donors (Lipinski definition) is 1. The molecule has 0 bridgehead atoms. The van der Waals surface area contributed by atoms with E-state index in [2.05, 4.69) is 27.6 Å². The van der Waals surface area contributed by atoms with Crippen LogP contribution in [0.25, 0.3) is 22.2 Å². The largest absolute Gasteiger partial charge is 0.410 e. The molecule has 30 heavy (non-hydrogen) atoms. The molecule has 2 heterocycles. The molecule has 9 heteroatoms. The Balaban J connectivity index is 1.80. The van der Waals surface area contributed by atoms with Crippen LogP contribution in [0.5, 0.6) is 5.75 Å². The van der Waals surface area contributed by atoms with Gasteiger partial charge >= 0.3 is 6.09 Å². The van der Waals surface area contributed by atoms with Gasteiger partial charge in [-0.1, -0.05) is 29.8 Å². The summed E-state index contributed by atoms with van der Waals surface area (Å²) in [7, 11) is -3.78. The fourth-order valence-electron chi connectivity index (χ4n) is 3.06. The first kappa shape index (κ1) is 20.4. The number of aromatic nitrogens is 2. The summed E-state index contributed by atoms with van der Waals surface area (Å²) in [5.74, 6) is 0.314. The summed E-state index contributed by atoms with van der Waals surface area (Å²) in [4.78, 5) is 15.6. The zero-order chi connectivity index (χ0) is 21.5. The first-order valence-corrected chi connectivity index (χ1v) is 11.3. The smallest absolute Gasteiger partial charge is 0.409 e. The summed E-state index contributed by atoms with van der Waals surface area (Å²) >= 11 is 2.09. The molecule has 2 N–H and O–H groups in total. The molecule has 0 aliphatic heterocycles. The van der Waals surface area contributed by atoms with Crippen LogP contribution in [-0.4, -0.2) is 23.5 Å². The second kappa shape index (κ2) is 7.73. The molecule has 7 nitrogen and oxygen atoms in total. The molecule has 0 radical (unpaired) electrons. The Morgan fingerprint density at radius 1 is 1.10 bits per heavy atom. The highest BCUT2D eigenvalue weighted by Gasteiger charge is 2.22. The maximum Gasteiger partial charge on any atom is 0.409 e. The Kier molecular flexibility index (Phi) is 5.24. The van der Waals surface area contributed by atoms with Gasteiger partial charge in [-0.15, -0.1) is 0 Å². The van der Waals surface area contributed by atoms with Crippen LogP contribution in [0.2, 0.25) is 0 Å². The lowest BCUT2D eigenvalue weighted by Gasteiger charge is -2.08. The molecule has 152 valence electrons. The lowest BCUT2D eigenvalue weighted by atomic mass is 10.1. The van der Waals surface area contributed by atoms with E-state index in [0.717, 1.165) is 20.3 Å². The number of primary amides is 1. The molecular formula is C21H16IN3O4S. The normalized spacial score (nSPS) is 11.5. The van der Waals surface area contributed by atoms with Crippen LogP contribution in [0, 0.1) is 10.5 Å². The molecule has 0 spiro atoms. The molecule has 4 aromatic rings. The van der Waals surface area contributed by atoms with Crippen molar-refractivity contribution in [2.24, 2.45) is 5.73 Å². The van der Waals surface area contributed by atoms with Gasteiger partial charge in [-0.25, -0.2) is 22.2 Å². The van der Waals surface area contributed by atoms with Gasteiger partial charge < -0.3 is 10.5 Å². The number of amides is 1. The Labute approximate surface area is 186 Å². The van der Waals surface area contributed by atoms with Gasteiger partial charge in [0.2, 0.25) is 0 Å². The van der Waals surface area contributed by atoms with Crippen molar-refractivity contribution in [3.63, 3.8) is 0 Å². The molecule has 2 aromatic carbocycles. The van der Waals surface area contributed by atoms with Gasteiger partial charge in [0.25, 0.3) is 10.0 Å². The number of ether oxygens (including phenoxy) is 1. The van der Waals surface area contributed by atoms with Crippen molar-refractivity contribution >= 4 is 49.7 Å².